The van der Waals surface area contributed by atoms with Gasteiger partial charge >= 0.3 is 0 Å². The smallest absolute Gasteiger partial charge is 0.274 e. The Morgan fingerprint density at radius 2 is 1.90 bits per heavy atom. The van der Waals surface area contributed by atoms with E-state index in [0.717, 1.165) is 5.56 Å². The number of halogens is 2. The molecule has 1 spiro atoms. The predicted molar refractivity (Wildman–Crippen MR) is 144 cm³/mol. The Bertz CT molecular complexity index is 1470. The van der Waals surface area contributed by atoms with Gasteiger partial charge in [0.1, 0.15) is 18.0 Å². The highest BCUT2D eigenvalue weighted by molar-refractivity contribution is 6.30. The first-order valence-corrected chi connectivity index (χ1v) is 13.0. The molecular weight excluding hydrogens is 525 g/mol. The van der Waals surface area contributed by atoms with Crippen molar-refractivity contribution in [3.63, 3.8) is 0 Å². The summed E-state index contributed by atoms with van der Waals surface area (Å²) < 4.78 is 27.5. The zero-order valence-electron chi connectivity index (χ0n) is 21.7. The van der Waals surface area contributed by atoms with Crippen LogP contribution in [0.3, 0.4) is 0 Å². The Morgan fingerprint density at radius 3 is 2.62 bits per heavy atom. The van der Waals surface area contributed by atoms with Gasteiger partial charge in [0.05, 0.1) is 10.6 Å². The topological polar surface area (TPSA) is 89.9 Å². The molecule has 0 saturated heterocycles. The van der Waals surface area contributed by atoms with Crippen molar-refractivity contribution in [1.29, 1.82) is 0 Å². The van der Waals surface area contributed by atoms with Crippen LogP contribution in [-0.2, 0) is 23.4 Å². The van der Waals surface area contributed by atoms with E-state index in [0.29, 0.717) is 26.0 Å². The Morgan fingerprint density at radius 1 is 1.15 bits per heavy atom. The van der Waals surface area contributed by atoms with Crippen LogP contribution >= 0.6 is 11.6 Å². The Balaban J connectivity index is 1.55. The van der Waals surface area contributed by atoms with Crippen LogP contribution in [0.15, 0.2) is 59.5 Å². The van der Waals surface area contributed by atoms with Crippen molar-refractivity contribution in [1.82, 2.24) is 14.8 Å². The van der Waals surface area contributed by atoms with E-state index in [9.17, 15) is 18.8 Å². The molecule has 2 aromatic carbocycles. The Labute approximate surface area is 230 Å². The third-order valence-electron chi connectivity index (χ3n) is 7.44. The maximum absolute atomic E-state index is 14.4. The molecule has 3 aromatic rings. The van der Waals surface area contributed by atoms with Crippen molar-refractivity contribution in [3.05, 3.63) is 98.2 Å². The molecule has 1 aliphatic carbocycles. The van der Waals surface area contributed by atoms with Gasteiger partial charge in [0.15, 0.2) is 11.4 Å². The Kier molecular flexibility index (Phi) is 7.46. The zero-order valence-corrected chi connectivity index (χ0v) is 22.5. The third-order valence-corrected chi connectivity index (χ3v) is 7.73. The number of benzene rings is 2. The molecule has 2 amide bonds. The largest absolute Gasteiger partial charge is 0.483 e. The van der Waals surface area contributed by atoms with Crippen molar-refractivity contribution in [2.45, 2.75) is 31.5 Å². The summed E-state index contributed by atoms with van der Waals surface area (Å²) in [7, 11) is 3.34. The molecule has 5 rings (SSSR count). The SMILES string of the molecule is COC[C@H]1C[C@]2(CN(C)C(=O)c3c(OCc4ccccc4)c(=O)c(C(=O)NCc4cccc(Cl)c4F)cn32)C1. The highest BCUT2D eigenvalue weighted by Gasteiger charge is 2.52. The fraction of sp³-hybridized carbons (Fsp3) is 0.345. The number of methoxy groups -OCH3 is 1. The molecule has 39 heavy (non-hydrogen) atoms. The standard InChI is InChI=1S/C29H29ClFN3O5/c1-33-17-29(11-19(12-29)15-38-2)34-14-21(27(36)32-13-20-9-6-10-22(30)23(20)31)25(35)26(24(34)28(33)37)39-16-18-7-4-3-5-8-18/h3-10,14,19H,11-13,15-17H2,1-2H3,(H,32,36)/t19-,29+. The van der Waals surface area contributed by atoms with Crippen molar-refractivity contribution in [2.24, 2.45) is 5.92 Å². The molecule has 0 bridgehead atoms. The second-order valence-corrected chi connectivity index (χ2v) is 10.6. The van der Waals surface area contributed by atoms with Crippen LogP contribution in [0.25, 0.3) is 0 Å². The number of hydrogen-bond acceptors (Lipinski definition) is 5. The van der Waals surface area contributed by atoms with Gasteiger partial charge in [0.2, 0.25) is 5.43 Å². The van der Waals surface area contributed by atoms with Crippen LogP contribution in [0.1, 0.15) is 44.8 Å². The van der Waals surface area contributed by atoms with Crippen LogP contribution in [0.4, 0.5) is 4.39 Å². The lowest BCUT2D eigenvalue weighted by Crippen LogP contribution is -2.60. The van der Waals surface area contributed by atoms with E-state index in [1.165, 1.54) is 18.3 Å². The van der Waals surface area contributed by atoms with Gasteiger partial charge in [-0.15, -0.1) is 0 Å². The molecule has 0 unspecified atom stereocenters. The van der Waals surface area contributed by atoms with Gasteiger partial charge in [-0.1, -0.05) is 54.1 Å². The molecule has 1 fully saturated rings. The summed E-state index contributed by atoms with van der Waals surface area (Å²) in [6.07, 6.45) is 2.87. The van der Waals surface area contributed by atoms with E-state index in [1.807, 2.05) is 30.3 Å². The van der Waals surface area contributed by atoms with Crippen LogP contribution < -0.4 is 15.5 Å². The maximum atomic E-state index is 14.4. The van der Waals surface area contributed by atoms with Gasteiger partial charge < -0.3 is 24.3 Å². The lowest BCUT2D eigenvalue weighted by molar-refractivity contribution is -0.0192. The molecule has 0 radical (unpaired) electrons. The molecule has 8 nitrogen and oxygen atoms in total. The van der Waals surface area contributed by atoms with Gasteiger partial charge in [-0.3, -0.25) is 14.4 Å². The number of pyridine rings is 1. The molecular formula is C29H29ClFN3O5. The van der Waals surface area contributed by atoms with Crippen molar-refractivity contribution < 1.29 is 23.5 Å². The Hall–Kier alpha value is -3.69. The van der Waals surface area contributed by atoms with Gasteiger partial charge in [0.25, 0.3) is 11.8 Å². The monoisotopic (exact) mass is 553 g/mol. The number of rotatable bonds is 8. The summed E-state index contributed by atoms with van der Waals surface area (Å²) in [4.78, 5) is 42.0. The molecule has 1 aliphatic heterocycles. The number of likely N-dealkylation sites (N-methyl/N-ethyl adjacent to an activating group) is 1. The number of carbonyl (C=O) groups is 2. The first-order chi connectivity index (χ1) is 18.7. The first-order valence-electron chi connectivity index (χ1n) is 12.7. The fourth-order valence-corrected chi connectivity index (χ4v) is 5.81. The van der Waals surface area contributed by atoms with Crippen LogP contribution in [0.2, 0.25) is 5.02 Å². The molecule has 2 aliphatic rings. The summed E-state index contributed by atoms with van der Waals surface area (Å²) in [6, 6.07) is 13.7. The van der Waals surface area contributed by atoms with Gasteiger partial charge in [-0.25, -0.2) is 4.39 Å². The van der Waals surface area contributed by atoms with Crippen LogP contribution in [-0.4, -0.2) is 48.6 Å². The summed E-state index contributed by atoms with van der Waals surface area (Å²) in [5, 5.41) is 2.56. The average molecular weight is 554 g/mol. The van der Waals surface area contributed by atoms with E-state index in [1.54, 1.807) is 29.7 Å². The van der Waals surface area contributed by atoms with E-state index in [-0.39, 0.29) is 52.6 Å². The van der Waals surface area contributed by atoms with Crippen molar-refractivity contribution in [3.8, 4) is 5.75 Å². The highest BCUT2D eigenvalue weighted by atomic mass is 35.5. The molecule has 0 atom stereocenters. The summed E-state index contributed by atoms with van der Waals surface area (Å²) >= 11 is 5.87. The van der Waals surface area contributed by atoms with Crippen molar-refractivity contribution >= 4 is 23.4 Å². The number of ether oxygens (including phenoxy) is 2. The van der Waals surface area contributed by atoms with Crippen LogP contribution in [0, 0.1) is 11.7 Å². The number of nitrogens with zero attached hydrogens (tertiary/aromatic N) is 2. The summed E-state index contributed by atoms with van der Waals surface area (Å²) in [5.74, 6) is -1.59. The average Bonchev–Trinajstić information content (AvgIpc) is 2.91. The number of amides is 2. The van der Waals surface area contributed by atoms with Gasteiger partial charge in [0, 0.05) is 45.6 Å². The predicted octanol–water partition coefficient (Wildman–Crippen LogP) is 3.99. The second kappa shape index (κ2) is 10.8. The number of aromatic nitrogens is 1. The first kappa shape index (κ1) is 26.9. The lowest BCUT2D eigenvalue weighted by atomic mass is 9.67. The second-order valence-electron chi connectivity index (χ2n) is 10.2. The quantitative estimate of drug-likeness (QED) is 0.456. The molecule has 1 aromatic heterocycles. The lowest BCUT2D eigenvalue weighted by Gasteiger charge is -2.54. The molecule has 204 valence electrons. The molecule has 1 N–H and O–H groups in total. The number of carbonyl (C=O) groups excluding carboxylic acids is 2. The van der Waals surface area contributed by atoms with E-state index >= 15 is 0 Å². The minimum absolute atomic E-state index is 0.0399. The highest BCUT2D eigenvalue weighted by Crippen LogP contribution is 2.48. The number of fused-ring (bicyclic) bond motifs is 2. The maximum Gasteiger partial charge on any atom is 0.274 e. The summed E-state index contributed by atoms with van der Waals surface area (Å²) in [6.45, 7) is 0.868. The number of nitrogens with one attached hydrogen (secondary N) is 1. The summed E-state index contributed by atoms with van der Waals surface area (Å²) in [5.41, 5.74) is -0.281. The van der Waals surface area contributed by atoms with Gasteiger partial charge in [-0.2, -0.15) is 0 Å². The van der Waals surface area contributed by atoms with Crippen molar-refractivity contribution in [2.75, 3.05) is 27.3 Å². The van der Waals surface area contributed by atoms with Gasteiger partial charge in [-0.05, 0) is 30.4 Å². The molecule has 10 heteroatoms. The minimum atomic E-state index is -0.701. The molecule has 1 saturated carbocycles. The normalized spacial score (nSPS) is 19.9. The zero-order chi connectivity index (χ0) is 27.7. The number of hydrogen-bond donors (Lipinski definition) is 1. The molecule has 2 heterocycles. The van der Waals surface area contributed by atoms with E-state index in [2.05, 4.69) is 5.32 Å². The van der Waals surface area contributed by atoms with E-state index in [4.69, 9.17) is 21.1 Å². The van der Waals surface area contributed by atoms with E-state index < -0.39 is 22.7 Å². The minimum Gasteiger partial charge on any atom is -0.483 e. The third kappa shape index (κ3) is 5.04. The van der Waals surface area contributed by atoms with Crippen LogP contribution in [0.5, 0.6) is 5.75 Å². The fourth-order valence-electron chi connectivity index (χ4n) is 5.61.